The van der Waals surface area contributed by atoms with Crippen LogP contribution in [0.2, 0.25) is 0 Å². The summed E-state index contributed by atoms with van der Waals surface area (Å²) in [6, 6.07) is 0. The highest BCUT2D eigenvalue weighted by Crippen LogP contribution is 2.21. The van der Waals surface area contributed by atoms with Gasteiger partial charge in [-0.3, -0.25) is 0 Å². The van der Waals surface area contributed by atoms with Crippen LogP contribution in [0.4, 0.5) is 0 Å². The van der Waals surface area contributed by atoms with Gasteiger partial charge in [0, 0.05) is 0 Å². The first-order chi connectivity index (χ1) is 17.2. The Balaban J connectivity index is 4.01. The van der Waals surface area contributed by atoms with Crippen LogP contribution >= 0.6 is 0 Å². The van der Waals surface area contributed by atoms with E-state index in [2.05, 4.69) is 91.8 Å². The Hall–Kier alpha value is -1.24. The standard InChI is InChI=1S/C35H64O/c1-9-30(4)17-11-19-32(6)21-13-23-34(8)25-15-27-35(28-36)26-14-24-33(7)22-12-20-31(5)18-10-16-29(2)3/h11-13,19,21-22,28-34,36H,9-10,14-18,20,23-27H2,1-8H3. The molecule has 0 aromatic heterocycles. The summed E-state index contributed by atoms with van der Waals surface area (Å²) < 4.78 is 0. The van der Waals surface area contributed by atoms with E-state index in [0.717, 1.165) is 37.0 Å². The second-order valence-electron chi connectivity index (χ2n) is 12.4. The smallest absolute Gasteiger partial charge is 0.0783 e. The summed E-state index contributed by atoms with van der Waals surface area (Å²) in [5.74, 6) is 4.28. The summed E-state index contributed by atoms with van der Waals surface area (Å²) >= 11 is 0. The number of hydrogen-bond acceptors (Lipinski definition) is 1. The fraction of sp³-hybridized carbons (Fsp3) is 0.771. The number of allylic oxidation sites excluding steroid dienone is 7. The van der Waals surface area contributed by atoms with Crippen LogP contribution in [0.25, 0.3) is 0 Å². The quantitative estimate of drug-likeness (QED) is 0.116. The van der Waals surface area contributed by atoms with Crippen molar-refractivity contribution in [3.05, 3.63) is 48.3 Å². The highest BCUT2D eigenvalue weighted by atomic mass is 16.2. The maximum atomic E-state index is 9.69. The minimum absolute atomic E-state index is 0.528. The van der Waals surface area contributed by atoms with Crippen LogP contribution < -0.4 is 0 Å². The second-order valence-corrected chi connectivity index (χ2v) is 12.4. The minimum Gasteiger partial charge on any atom is -0.516 e. The van der Waals surface area contributed by atoms with E-state index < -0.39 is 0 Å². The first-order valence-corrected chi connectivity index (χ1v) is 15.5. The van der Waals surface area contributed by atoms with E-state index in [4.69, 9.17) is 0 Å². The SMILES string of the molecule is CCC(C)CC=CC(C)C=CCC(C)CCCC(=CO)CCCC(C)C=CCC(C)CCCC(C)C. The molecule has 0 spiro atoms. The van der Waals surface area contributed by atoms with Crippen molar-refractivity contribution in [2.75, 3.05) is 0 Å². The lowest BCUT2D eigenvalue weighted by molar-refractivity contribution is 0.450. The van der Waals surface area contributed by atoms with Crippen LogP contribution in [0, 0.1) is 35.5 Å². The molecule has 0 aromatic carbocycles. The summed E-state index contributed by atoms with van der Waals surface area (Å²) in [7, 11) is 0. The third kappa shape index (κ3) is 22.0. The molecular weight excluding hydrogens is 436 g/mol. The molecule has 0 radical (unpaired) electrons. The van der Waals surface area contributed by atoms with Gasteiger partial charge >= 0.3 is 0 Å². The topological polar surface area (TPSA) is 20.2 Å². The van der Waals surface area contributed by atoms with Gasteiger partial charge in [-0.2, -0.15) is 0 Å². The van der Waals surface area contributed by atoms with Gasteiger partial charge < -0.3 is 5.11 Å². The molecule has 0 aromatic rings. The van der Waals surface area contributed by atoms with Gasteiger partial charge in [-0.25, -0.2) is 0 Å². The van der Waals surface area contributed by atoms with E-state index in [1.807, 2.05) is 0 Å². The van der Waals surface area contributed by atoms with Crippen molar-refractivity contribution in [2.45, 2.75) is 139 Å². The Morgan fingerprint density at radius 2 is 1.11 bits per heavy atom. The first-order valence-electron chi connectivity index (χ1n) is 15.5. The normalized spacial score (nSPS) is 17.4. The summed E-state index contributed by atoms with van der Waals surface area (Å²) in [5, 5.41) is 9.69. The van der Waals surface area contributed by atoms with Crippen molar-refractivity contribution in [3.8, 4) is 0 Å². The molecule has 0 saturated carbocycles. The van der Waals surface area contributed by atoms with E-state index in [0.29, 0.717) is 17.8 Å². The van der Waals surface area contributed by atoms with Crippen molar-refractivity contribution < 1.29 is 5.11 Å². The fourth-order valence-electron chi connectivity index (χ4n) is 4.61. The third-order valence-electron chi connectivity index (χ3n) is 7.67. The van der Waals surface area contributed by atoms with Crippen LogP contribution in [0.5, 0.6) is 0 Å². The van der Waals surface area contributed by atoms with Crippen LogP contribution in [0.15, 0.2) is 48.3 Å². The molecule has 1 N–H and O–H groups in total. The van der Waals surface area contributed by atoms with E-state index in [1.54, 1.807) is 0 Å². The summed E-state index contributed by atoms with van der Waals surface area (Å²) in [6.07, 6.45) is 31.4. The van der Waals surface area contributed by atoms with Gasteiger partial charge in [0.05, 0.1) is 6.26 Å². The van der Waals surface area contributed by atoms with Crippen LogP contribution in [0.1, 0.15) is 139 Å². The van der Waals surface area contributed by atoms with Crippen molar-refractivity contribution in [1.82, 2.24) is 0 Å². The second kappa shape index (κ2) is 22.9. The molecule has 0 saturated heterocycles. The lowest BCUT2D eigenvalue weighted by Gasteiger charge is -2.12. The van der Waals surface area contributed by atoms with Gasteiger partial charge in [0.25, 0.3) is 0 Å². The molecule has 0 aliphatic heterocycles. The molecule has 210 valence electrons. The highest BCUT2D eigenvalue weighted by Gasteiger charge is 2.06. The van der Waals surface area contributed by atoms with Crippen molar-refractivity contribution in [3.63, 3.8) is 0 Å². The molecule has 0 rings (SSSR count). The van der Waals surface area contributed by atoms with Crippen molar-refractivity contribution in [2.24, 2.45) is 35.5 Å². The monoisotopic (exact) mass is 500 g/mol. The maximum Gasteiger partial charge on any atom is 0.0783 e. The Bertz CT molecular complexity index is 608. The van der Waals surface area contributed by atoms with Gasteiger partial charge in [-0.15, -0.1) is 0 Å². The Labute approximate surface area is 227 Å². The lowest BCUT2D eigenvalue weighted by Crippen LogP contribution is -1.97. The molecule has 5 atom stereocenters. The van der Waals surface area contributed by atoms with E-state index >= 15 is 0 Å². The van der Waals surface area contributed by atoms with E-state index in [1.165, 1.54) is 76.0 Å². The summed E-state index contributed by atoms with van der Waals surface area (Å²) in [6.45, 7) is 18.6. The zero-order valence-electron chi connectivity index (χ0n) is 25.6. The molecule has 0 bridgehead atoms. The lowest BCUT2D eigenvalue weighted by atomic mass is 9.94. The van der Waals surface area contributed by atoms with E-state index in [-0.39, 0.29) is 0 Å². The summed E-state index contributed by atoms with van der Waals surface area (Å²) in [4.78, 5) is 0. The van der Waals surface area contributed by atoms with Crippen molar-refractivity contribution in [1.29, 1.82) is 0 Å². The third-order valence-corrected chi connectivity index (χ3v) is 7.67. The molecule has 0 fully saturated rings. The number of aliphatic hydroxyl groups is 1. The average Bonchev–Trinajstić information content (AvgIpc) is 2.82. The Morgan fingerprint density at radius 3 is 1.64 bits per heavy atom. The van der Waals surface area contributed by atoms with Crippen molar-refractivity contribution >= 4 is 0 Å². The Morgan fingerprint density at radius 1 is 0.611 bits per heavy atom. The number of hydrogen-bond donors (Lipinski definition) is 1. The zero-order valence-corrected chi connectivity index (χ0v) is 25.6. The van der Waals surface area contributed by atoms with Gasteiger partial charge in [0.2, 0.25) is 0 Å². The predicted octanol–water partition coefficient (Wildman–Crippen LogP) is 12.0. The first kappa shape index (κ1) is 34.8. The maximum absolute atomic E-state index is 9.69. The van der Waals surface area contributed by atoms with Crippen LogP contribution in [0.3, 0.4) is 0 Å². The van der Waals surface area contributed by atoms with Gasteiger partial charge in [0.15, 0.2) is 0 Å². The predicted molar refractivity (Wildman–Crippen MR) is 164 cm³/mol. The van der Waals surface area contributed by atoms with E-state index in [9.17, 15) is 5.11 Å². The molecule has 1 nitrogen and oxygen atoms in total. The fourth-order valence-corrected chi connectivity index (χ4v) is 4.61. The molecule has 5 unspecified atom stereocenters. The summed E-state index contributed by atoms with van der Waals surface area (Å²) in [5.41, 5.74) is 1.23. The average molecular weight is 501 g/mol. The largest absolute Gasteiger partial charge is 0.516 e. The molecule has 1 heteroatoms. The molecular formula is C35H64O. The number of aliphatic hydroxyl groups excluding tert-OH is 1. The number of rotatable bonds is 22. The molecule has 0 heterocycles. The molecule has 0 aliphatic rings. The molecule has 0 amide bonds. The van der Waals surface area contributed by atoms with Crippen LogP contribution in [-0.4, -0.2) is 5.11 Å². The molecule has 36 heavy (non-hydrogen) atoms. The zero-order chi connectivity index (χ0) is 27.2. The minimum atomic E-state index is 0.528. The van der Waals surface area contributed by atoms with Crippen LogP contribution in [-0.2, 0) is 0 Å². The van der Waals surface area contributed by atoms with Gasteiger partial charge in [0.1, 0.15) is 0 Å². The highest BCUT2D eigenvalue weighted by molar-refractivity contribution is 5.00. The van der Waals surface area contributed by atoms with Gasteiger partial charge in [-0.1, -0.05) is 124 Å². The molecule has 0 aliphatic carbocycles. The Kier molecular flexibility index (Phi) is 22.1. The van der Waals surface area contributed by atoms with Gasteiger partial charge in [-0.05, 0) is 92.4 Å².